The van der Waals surface area contributed by atoms with Crippen LogP contribution in [0, 0.1) is 0 Å². The molecule has 2 saturated heterocycles. The molecule has 0 aliphatic carbocycles. The fourth-order valence-corrected chi connectivity index (χ4v) is 3.19. The topological polar surface area (TPSA) is 80.5 Å². The van der Waals surface area contributed by atoms with Crippen LogP contribution in [-0.2, 0) is 16.1 Å². The average Bonchev–Trinajstić information content (AvgIpc) is 2.61. The van der Waals surface area contributed by atoms with Crippen LogP contribution in [0.25, 0.3) is 0 Å². The third-order valence-corrected chi connectivity index (χ3v) is 4.78. The number of nitrogens with two attached hydrogens (primary N) is 1. The monoisotopic (exact) mass is 390 g/mol. The van der Waals surface area contributed by atoms with E-state index in [0.29, 0.717) is 32.6 Å². The summed E-state index contributed by atoms with van der Waals surface area (Å²) in [6.45, 7) is 3.72. The number of carbonyl (C=O) groups excluding carboxylic acids is 1. The van der Waals surface area contributed by atoms with Crippen LogP contribution in [0.3, 0.4) is 0 Å². The molecule has 8 heteroatoms. The standard InChI is InChI=1S/C17H26N4O2.2ClH/c18-17(5-10-23-11-6-17)16(22)20-13-14-4-7-19-15(12-14)21-8-2-1-3-9-21;;/h4,7,12H,1-3,5-6,8-11,13,18H2,(H,20,22);2*1H. The van der Waals surface area contributed by atoms with Gasteiger partial charge in [0.1, 0.15) is 5.82 Å². The fraction of sp³-hybridized carbons (Fsp3) is 0.647. The van der Waals surface area contributed by atoms with Crippen molar-refractivity contribution in [1.29, 1.82) is 0 Å². The summed E-state index contributed by atoms with van der Waals surface area (Å²) >= 11 is 0. The van der Waals surface area contributed by atoms with Crippen LogP contribution in [-0.4, -0.2) is 42.7 Å². The van der Waals surface area contributed by atoms with Gasteiger partial charge in [-0.1, -0.05) is 0 Å². The Morgan fingerprint density at radius 1 is 1.24 bits per heavy atom. The zero-order valence-corrected chi connectivity index (χ0v) is 16.0. The van der Waals surface area contributed by atoms with Gasteiger partial charge in [0.25, 0.3) is 0 Å². The first kappa shape index (κ1) is 22.0. The van der Waals surface area contributed by atoms with Crippen LogP contribution in [0.5, 0.6) is 0 Å². The lowest BCUT2D eigenvalue weighted by Gasteiger charge is -2.31. The molecule has 2 aliphatic rings. The quantitative estimate of drug-likeness (QED) is 0.821. The molecule has 6 nitrogen and oxygen atoms in total. The average molecular weight is 391 g/mol. The Balaban J connectivity index is 0.00000156. The summed E-state index contributed by atoms with van der Waals surface area (Å²) in [6, 6.07) is 4.01. The normalized spacial score (nSPS) is 19.3. The number of carbonyl (C=O) groups is 1. The first-order valence-electron chi connectivity index (χ1n) is 8.52. The number of nitrogens with zero attached hydrogens (tertiary/aromatic N) is 2. The number of hydrogen-bond donors (Lipinski definition) is 2. The van der Waals surface area contributed by atoms with Gasteiger partial charge in [-0.15, -0.1) is 24.8 Å². The zero-order chi connectivity index (χ0) is 16.1. The molecule has 142 valence electrons. The molecule has 3 heterocycles. The summed E-state index contributed by atoms with van der Waals surface area (Å²) in [7, 11) is 0. The Morgan fingerprint density at radius 3 is 2.60 bits per heavy atom. The Kier molecular flexibility index (Phi) is 8.93. The van der Waals surface area contributed by atoms with E-state index in [9.17, 15) is 4.79 Å². The van der Waals surface area contributed by atoms with Crippen LogP contribution in [0.2, 0.25) is 0 Å². The highest BCUT2D eigenvalue weighted by Crippen LogP contribution is 2.20. The highest BCUT2D eigenvalue weighted by atomic mass is 35.5. The number of rotatable bonds is 4. The van der Waals surface area contributed by atoms with E-state index in [0.717, 1.165) is 24.5 Å². The van der Waals surface area contributed by atoms with E-state index in [1.807, 2.05) is 12.3 Å². The molecule has 1 aromatic heterocycles. The Bertz CT molecular complexity index is 547. The first-order valence-corrected chi connectivity index (χ1v) is 8.52. The molecule has 1 aromatic rings. The second kappa shape index (κ2) is 10.2. The van der Waals surface area contributed by atoms with Crippen molar-refractivity contribution in [3.8, 4) is 0 Å². The molecule has 3 N–H and O–H groups in total. The lowest BCUT2D eigenvalue weighted by Crippen LogP contribution is -2.56. The van der Waals surface area contributed by atoms with Crippen molar-refractivity contribution in [3.05, 3.63) is 23.9 Å². The maximum atomic E-state index is 12.4. The molecular formula is C17H28Cl2N4O2. The van der Waals surface area contributed by atoms with Crippen molar-refractivity contribution in [2.75, 3.05) is 31.2 Å². The summed E-state index contributed by atoms with van der Waals surface area (Å²) in [5.41, 5.74) is 6.47. The van der Waals surface area contributed by atoms with E-state index in [4.69, 9.17) is 10.5 Å². The van der Waals surface area contributed by atoms with E-state index in [1.165, 1.54) is 19.3 Å². The van der Waals surface area contributed by atoms with Crippen LogP contribution < -0.4 is 16.0 Å². The minimum Gasteiger partial charge on any atom is -0.381 e. The van der Waals surface area contributed by atoms with E-state index in [1.54, 1.807) is 0 Å². The smallest absolute Gasteiger partial charge is 0.240 e. The van der Waals surface area contributed by atoms with Gasteiger partial charge < -0.3 is 20.7 Å². The molecule has 0 bridgehead atoms. The summed E-state index contributed by atoms with van der Waals surface area (Å²) < 4.78 is 5.29. The van der Waals surface area contributed by atoms with Gasteiger partial charge in [0.2, 0.25) is 5.91 Å². The number of aromatic nitrogens is 1. The molecule has 0 unspecified atom stereocenters. The molecule has 0 aromatic carbocycles. The number of hydrogen-bond acceptors (Lipinski definition) is 5. The molecule has 3 rings (SSSR count). The SMILES string of the molecule is Cl.Cl.NC1(C(=O)NCc2ccnc(N3CCCCC3)c2)CCOCC1. The second-order valence-corrected chi connectivity index (χ2v) is 6.52. The van der Waals surface area contributed by atoms with Crippen LogP contribution in [0.15, 0.2) is 18.3 Å². The first-order chi connectivity index (χ1) is 11.2. The number of halogens is 2. The van der Waals surface area contributed by atoms with Crippen molar-refractivity contribution < 1.29 is 9.53 Å². The molecule has 0 spiro atoms. The van der Waals surface area contributed by atoms with Gasteiger partial charge in [0.15, 0.2) is 0 Å². The Morgan fingerprint density at radius 2 is 1.92 bits per heavy atom. The van der Waals surface area contributed by atoms with Gasteiger partial charge in [-0.25, -0.2) is 4.98 Å². The fourth-order valence-electron chi connectivity index (χ4n) is 3.19. The Labute approximate surface area is 161 Å². The minimum atomic E-state index is -0.791. The molecule has 25 heavy (non-hydrogen) atoms. The van der Waals surface area contributed by atoms with E-state index in [-0.39, 0.29) is 30.7 Å². The molecule has 0 radical (unpaired) electrons. The van der Waals surface area contributed by atoms with Gasteiger partial charge in [-0.05, 0) is 49.8 Å². The molecule has 0 atom stereocenters. The van der Waals surface area contributed by atoms with E-state index in [2.05, 4.69) is 21.3 Å². The third kappa shape index (κ3) is 5.71. The predicted molar refractivity (Wildman–Crippen MR) is 104 cm³/mol. The zero-order valence-electron chi connectivity index (χ0n) is 14.4. The third-order valence-electron chi connectivity index (χ3n) is 4.78. The van der Waals surface area contributed by atoms with Crippen LogP contribution >= 0.6 is 24.8 Å². The van der Waals surface area contributed by atoms with Gasteiger partial charge in [0.05, 0.1) is 5.54 Å². The van der Waals surface area contributed by atoms with Crippen LogP contribution in [0.1, 0.15) is 37.7 Å². The minimum absolute atomic E-state index is 0. The summed E-state index contributed by atoms with van der Waals surface area (Å²) in [5, 5.41) is 2.97. The molecule has 1 amide bonds. The molecule has 2 aliphatic heterocycles. The van der Waals surface area contributed by atoms with Gasteiger partial charge >= 0.3 is 0 Å². The van der Waals surface area contributed by atoms with Gasteiger partial charge in [-0.3, -0.25) is 4.79 Å². The highest BCUT2D eigenvalue weighted by Gasteiger charge is 2.35. The van der Waals surface area contributed by atoms with Crippen molar-refractivity contribution in [1.82, 2.24) is 10.3 Å². The Hall–Kier alpha value is -1.08. The number of anilines is 1. The lowest BCUT2D eigenvalue weighted by molar-refractivity contribution is -0.129. The number of nitrogens with one attached hydrogen (secondary N) is 1. The van der Waals surface area contributed by atoms with E-state index < -0.39 is 5.54 Å². The molecular weight excluding hydrogens is 363 g/mol. The number of amides is 1. The maximum Gasteiger partial charge on any atom is 0.240 e. The van der Waals surface area contributed by atoms with Crippen molar-refractivity contribution in [3.63, 3.8) is 0 Å². The summed E-state index contributed by atoms with van der Waals surface area (Å²) in [6.07, 6.45) is 6.72. The second-order valence-electron chi connectivity index (χ2n) is 6.52. The number of pyridine rings is 1. The van der Waals surface area contributed by atoms with Crippen molar-refractivity contribution in [2.24, 2.45) is 5.73 Å². The highest BCUT2D eigenvalue weighted by molar-refractivity contribution is 5.86. The summed E-state index contributed by atoms with van der Waals surface area (Å²) in [5.74, 6) is 0.919. The van der Waals surface area contributed by atoms with E-state index >= 15 is 0 Å². The number of piperidine rings is 1. The molecule has 2 fully saturated rings. The molecule has 0 saturated carbocycles. The maximum absolute atomic E-state index is 12.4. The van der Waals surface area contributed by atoms with Crippen molar-refractivity contribution in [2.45, 2.75) is 44.2 Å². The predicted octanol–water partition coefficient (Wildman–Crippen LogP) is 2.04. The van der Waals surface area contributed by atoms with Crippen LogP contribution in [0.4, 0.5) is 5.82 Å². The van der Waals surface area contributed by atoms with Gasteiger partial charge in [-0.2, -0.15) is 0 Å². The summed E-state index contributed by atoms with van der Waals surface area (Å²) in [4.78, 5) is 19.1. The lowest BCUT2D eigenvalue weighted by atomic mass is 9.90. The van der Waals surface area contributed by atoms with Crippen molar-refractivity contribution >= 4 is 36.5 Å². The largest absolute Gasteiger partial charge is 0.381 e. The number of ether oxygens (including phenoxy) is 1. The van der Waals surface area contributed by atoms with Gasteiger partial charge in [0, 0.05) is 39.0 Å².